The van der Waals surface area contributed by atoms with Gasteiger partial charge < -0.3 is 10.5 Å². The summed E-state index contributed by atoms with van der Waals surface area (Å²) < 4.78 is 5.42. The maximum Gasteiger partial charge on any atom is 0.119 e. The standard InChI is InChI=1S/C11H17NO.C2H6/c1-9(2)10-4-3-5-11(8-10)13-7-6-12;1-2/h3-5,8-9H,6-7,12H2,1-2H3;1-2H3. The normalized spacial score (nSPS) is 9.47. The number of nitrogens with two attached hydrogens (primary N) is 1. The Labute approximate surface area is 93.4 Å². The van der Waals surface area contributed by atoms with Crippen LogP contribution in [0.25, 0.3) is 0 Å². The van der Waals surface area contributed by atoms with Crippen LogP contribution in [0.2, 0.25) is 0 Å². The van der Waals surface area contributed by atoms with Crippen molar-refractivity contribution in [3.63, 3.8) is 0 Å². The minimum atomic E-state index is 0.543. The van der Waals surface area contributed by atoms with Gasteiger partial charge in [0.2, 0.25) is 0 Å². The molecule has 2 N–H and O–H groups in total. The van der Waals surface area contributed by atoms with Crippen LogP contribution in [0.3, 0.4) is 0 Å². The molecule has 1 aromatic carbocycles. The van der Waals surface area contributed by atoms with E-state index in [1.807, 2.05) is 26.0 Å². The molecule has 0 heterocycles. The largest absolute Gasteiger partial charge is 0.492 e. The van der Waals surface area contributed by atoms with E-state index in [-0.39, 0.29) is 0 Å². The quantitative estimate of drug-likeness (QED) is 0.826. The van der Waals surface area contributed by atoms with E-state index in [4.69, 9.17) is 10.5 Å². The molecule has 2 heteroatoms. The van der Waals surface area contributed by atoms with Crippen LogP contribution < -0.4 is 10.5 Å². The molecule has 0 aromatic heterocycles. The molecule has 0 bridgehead atoms. The second kappa shape index (κ2) is 8.30. The van der Waals surface area contributed by atoms with E-state index in [0.717, 1.165) is 5.75 Å². The van der Waals surface area contributed by atoms with Gasteiger partial charge in [0.15, 0.2) is 0 Å². The van der Waals surface area contributed by atoms with Crippen LogP contribution >= 0.6 is 0 Å². The summed E-state index contributed by atoms with van der Waals surface area (Å²) in [5.41, 5.74) is 6.65. The molecule has 0 aliphatic rings. The summed E-state index contributed by atoms with van der Waals surface area (Å²) in [5, 5.41) is 0. The van der Waals surface area contributed by atoms with Crippen LogP contribution in [0.4, 0.5) is 0 Å². The number of rotatable bonds is 4. The van der Waals surface area contributed by atoms with Gasteiger partial charge in [-0.25, -0.2) is 0 Å². The number of hydrogen-bond acceptors (Lipinski definition) is 2. The van der Waals surface area contributed by atoms with Gasteiger partial charge in [-0.15, -0.1) is 0 Å². The lowest BCUT2D eigenvalue weighted by Gasteiger charge is -2.08. The van der Waals surface area contributed by atoms with Gasteiger partial charge in [-0.05, 0) is 23.6 Å². The SMILES string of the molecule is CC.CC(C)c1cccc(OCCN)c1. The Morgan fingerprint density at radius 2 is 1.93 bits per heavy atom. The van der Waals surface area contributed by atoms with Crippen LogP contribution in [0, 0.1) is 0 Å². The average Bonchev–Trinajstić information content (AvgIpc) is 2.29. The molecule has 0 fully saturated rings. The van der Waals surface area contributed by atoms with E-state index < -0.39 is 0 Å². The first-order valence-corrected chi connectivity index (χ1v) is 5.67. The van der Waals surface area contributed by atoms with Crippen molar-refractivity contribution in [2.45, 2.75) is 33.6 Å². The maximum absolute atomic E-state index is 5.42. The molecule has 1 aromatic rings. The van der Waals surface area contributed by atoms with Crippen LogP contribution in [0.15, 0.2) is 24.3 Å². The van der Waals surface area contributed by atoms with Crippen molar-refractivity contribution < 1.29 is 4.74 Å². The van der Waals surface area contributed by atoms with Crippen molar-refractivity contribution in [2.75, 3.05) is 13.2 Å². The summed E-state index contributed by atoms with van der Waals surface area (Å²) in [6.07, 6.45) is 0. The Bertz CT molecular complexity index is 258. The van der Waals surface area contributed by atoms with Gasteiger partial charge in [0.05, 0.1) is 0 Å². The molecule has 0 radical (unpaired) electrons. The highest BCUT2D eigenvalue weighted by Gasteiger charge is 1.99. The molecule has 0 unspecified atom stereocenters. The fraction of sp³-hybridized carbons (Fsp3) is 0.538. The van der Waals surface area contributed by atoms with E-state index in [2.05, 4.69) is 26.0 Å². The van der Waals surface area contributed by atoms with Gasteiger partial charge in [-0.3, -0.25) is 0 Å². The summed E-state index contributed by atoms with van der Waals surface area (Å²) in [6, 6.07) is 8.16. The molecule has 0 saturated carbocycles. The molecule has 15 heavy (non-hydrogen) atoms. The van der Waals surface area contributed by atoms with Gasteiger partial charge in [0.1, 0.15) is 12.4 Å². The Morgan fingerprint density at radius 1 is 1.27 bits per heavy atom. The monoisotopic (exact) mass is 209 g/mol. The smallest absolute Gasteiger partial charge is 0.119 e. The van der Waals surface area contributed by atoms with E-state index in [0.29, 0.717) is 19.1 Å². The zero-order valence-electron chi connectivity index (χ0n) is 10.3. The Balaban J connectivity index is 0.000000921. The number of ether oxygens (including phenoxy) is 1. The first-order chi connectivity index (χ1) is 7.24. The molecule has 0 aliphatic carbocycles. The van der Waals surface area contributed by atoms with E-state index in [1.54, 1.807) is 0 Å². The summed E-state index contributed by atoms with van der Waals surface area (Å²) >= 11 is 0. The van der Waals surface area contributed by atoms with Crippen molar-refractivity contribution in [1.82, 2.24) is 0 Å². The first kappa shape index (κ1) is 14.0. The van der Waals surface area contributed by atoms with Crippen molar-refractivity contribution in [2.24, 2.45) is 5.73 Å². The van der Waals surface area contributed by atoms with E-state index in [1.165, 1.54) is 5.56 Å². The van der Waals surface area contributed by atoms with Crippen molar-refractivity contribution in [3.8, 4) is 5.75 Å². The third-order valence-corrected chi connectivity index (χ3v) is 1.91. The molecule has 0 saturated heterocycles. The zero-order chi connectivity index (χ0) is 11.7. The van der Waals surface area contributed by atoms with Crippen LogP contribution in [-0.4, -0.2) is 13.2 Å². The number of hydrogen-bond donors (Lipinski definition) is 1. The molecule has 0 spiro atoms. The molecule has 0 aliphatic heterocycles. The van der Waals surface area contributed by atoms with Gasteiger partial charge in [-0.1, -0.05) is 39.8 Å². The summed E-state index contributed by atoms with van der Waals surface area (Å²) in [6.45, 7) is 9.48. The third kappa shape index (κ3) is 5.43. The first-order valence-electron chi connectivity index (χ1n) is 5.67. The van der Waals surface area contributed by atoms with Crippen molar-refractivity contribution in [1.29, 1.82) is 0 Å². The zero-order valence-corrected chi connectivity index (χ0v) is 10.3. The van der Waals surface area contributed by atoms with Crippen LogP contribution in [0.1, 0.15) is 39.2 Å². The molecule has 86 valence electrons. The molecular weight excluding hydrogens is 186 g/mol. The average molecular weight is 209 g/mol. The minimum Gasteiger partial charge on any atom is -0.492 e. The second-order valence-corrected chi connectivity index (χ2v) is 3.36. The van der Waals surface area contributed by atoms with Gasteiger partial charge in [-0.2, -0.15) is 0 Å². The lowest BCUT2D eigenvalue weighted by atomic mass is 10.0. The van der Waals surface area contributed by atoms with Crippen LogP contribution in [-0.2, 0) is 0 Å². The van der Waals surface area contributed by atoms with E-state index in [9.17, 15) is 0 Å². The fourth-order valence-electron chi connectivity index (χ4n) is 1.14. The maximum atomic E-state index is 5.42. The summed E-state index contributed by atoms with van der Waals surface area (Å²) in [5.74, 6) is 1.46. The topological polar surface area (TPSA) is 35.2 Å². The van der Waals surface area contributed by atoms with Gasteiger partial charge in [0.25, 0.3) is 0 Å². The number of benzene rings is 1. The molecule has 1 rings (SSSR count). The second-order valence-electron chi connectivity index (χ2n) is 3.36. The molecular formula is C13H23NO. The Hall–Kier alpha value is -1.02. The van der Waals surface area contributed by atoms with Crippen molar-refractivity contribution in [3.05, 3.63) is 29.8 Å². The summed E-state index contributed by atoms with van der Waals surface area (Å²) in [7, 11) is 0. The van der Waals surface area contributed by atoms with Crippen molar-refractivity contribution >= 4 is 0 Å². The predicted molar refractivity (Wildman–Crippen MR) is 66.4 cm³/mol. The van der Waals surface area contributed by atoms with E-state index >= 15 is 0 Å². The molecule has 0 atom stereocenters. The van der Waals surface area contributed by atoms with Gasteiger partial charge >= 0.3 is 0 Å². The van der Waals surface area contributed by atoms with Crippen LogP contribution in [0.5, 0.6) is 5.75 Å². The lowest BCUT2D eigenvalue weighted by Crippen LogP contribution is -2.10. The third-order valence-electron chi connectivity index (χ3n) is 1.91. The predicted octanol–water partition coefficient (Wildman–Crippen LogP) is 3.17. The molecule has 0 amide bonds. The van der Waals surface area contributed by atoms with Gasteiger partial charge in [0, 0.05) is 6.54 Å². The Morgan fingerprint density at radius 3 is 2.47 bits per heavy atom. The molecule has 2 nitrogen and oxygen atoms in total. The Kier molecular flexibility index (Phi) is 7.74. The lowest BCUT2D eigenvalue weighted by molar-refractivity contribution is 0.328. The fourth-order valence-corrected chi connectivity index (χ4v) is 1.14. The highest BCUT2D eigenvalue weighted by atomic mass is 16.5. The highest BCUT2D eigenvalue weighted by molar-refractivity contribution is 5.30. The summed E-state index contributed by atoms with van der Waals surface area (Å²) in [4.78, 5) is 0. The minimum absolute atomic E-state index is 0.543. The highest BCUT2D eigenvalue weighted by Crippen LogP contribution is 2.19.